The summed E-state index contributed by atoms with van der Waals surface area (Å²) in [6.45, 7) is 4.28. The Labute approximate surface area is 127 Å². The van der Waals surface area contributed by atoms with Crippen LogP contribution < -0.4 is 4.90 Å². The van der Waals surface area contributed by atoms with Gasteiger partial charge < -0.3 is 4.90 Å². The van der Waals surface area contributed by atoms with Gasteiger partial charge in [0.05, 0.1) is 0 Å². The van der Waals surface area contributed by atoms with Crippen LogP contribution in [0.3, 0.4) is 0 Å². The SMILES string of the molecule is Cc1cccc(C)c1N(C=O)C12CC3CC(CC(C3)C1)C2. The lowest BCUT2D eigenvalue weighted by molar-refractivity contribution is -0.110. The minimum absolute atomic E-state index is 0.118. The van der Waals surface area contributed by atoms with E-state index in [-0.39, 0.29) is 5.54 Å². The Morgan fingerprint density at radius 2 is 1.48 bits per heavy atom. The fraction of sp³-hybridized carbons (Fsp3) is 0.632. The van der Waals surface area contributed by atoms with Crippen molar-refractivity contribution in [2.45, 2.75) is 57.9 Å². The van der Waals surface area contributed by atoms with Crippen LogP contribution in [0.15, 0.2) is 18.2 Å². The van der Waals surface area contributed by atoms with Crippen LogP contribution in [0.1, 0.15) is 49.7 Å². The molecular formula is C19H25NO. The Morgan fingerprint density at radius 3 is 1.90 bits per heavy atom. The Bertz CT molecular complexity index is 521. The number of anilines is 1. The molecule has 0 heterocycles. The average molecular weight is 283 g/mol. The van der Waals surface area contributed by atoms with Gasteiger partial charge in [0.1, 0.15) is 0 Å². The zero-order valence-electron chi connectivity index (χ0n) is 13.1. The van der Waals surface area contributed by atoms with Gasteiger partial charge in [0.25, 0.3) is 0 Å². The number of hydrogen-bond acceptors (Lipinski definition) is 1. The molecule has 112 valence electrons. The van der Waals surface area contributed by atoms with Crippen LogP contribution in [-0.4, -0.2) is 11.9 Å². The molecule has 4 aliphatic rings. The highest BCUT2D eigenvalue weighted by Crippen LogP contribution is 2.58. The number of carbonyl (C=O) groups is 1. The van der Waals surface area contributed by atoms with Crippen LogP contribution in [0.4, 0.5) is 5.69 Å². The van der Waals surface area contributed by atoms with E-state index in [0.29, 0.717) is 0 Å². The molecule has 1 aromatic carbocycles. The van der Waals surface area contributed by atoms with Gasteiger partial charge in [-0.1, -0.05) is 18.2 Å². The molecule has 21 heavy (non-hydrogen) atoms. The van der Waals surface area contributed by atoms with Gasteiger partial charge in [0, 0.05) is 11.2 Å². The van der Waals surface area contributed by atoms with Gasteiger partial charge >= 0.3 is 0 Å². The lowest BCUT2D eigenvalue weighted by Crippen LogP contribution is -2.60. The van der Waals surface area contributed by atoms with E-state index in [9.17, 15) is 4.79 Å². The van der Waals surface area contributed by atoms with E-state index in [2.05, 4.69) is 36.9 Å². The summed E-state index contributed by atoms with van der Waals surface area (Å²) in [5.74, 6) is 2.59. The van der Waals surface area contributed by atoms with E-state index in [1.54, 1.807) is 0 Å². The van der Waals surface area contributed by atoms with Gasteiger partial charge in [-0.25, -0.2) is 0 Å². The van der Waals surface area contributed by atoms with E-state index >= 15 is 0 Å². The smallest absolute Gasteiger partial charge is 0.214 e. The molecule has 5 rings (SSSR count). The van der Waals surface area contributed by atoms with Crippen molar-refractivity contribution in [2.24, 2.45) is 17.8 Å². The Morgan fingerprint density at radius 1 is 1.00 bits per heavy atom. The van der Waals surface area contributed by atoms with E-state index < -0.39 is 0 Å². The minimum atomic E-state index is 0.118. The molecule has 0 aromatic heterocycles. The Balaban J connectivity index is 1.78. The van der Waals surface area contributed by atoms with Crippen LogP contribution in [0.2, 0.25) is 0 Å². The second-order valence-electron chi connectivity index (χ2n) is 7.86. The lowest BCUT2D eigenvalue weighted by atomic mass is 9.52. The number of nitrogens with zero attached hydrogens (tertiary/aromatic N) is 1. The number of rotatable bonds is 3. The van der Waals surface area contributed by atoms with Crippen LogP contribution in [-0.2, 0) is 4.79 Å². The third-order valence-electron chi connectivity index (χ3n) is 6.30. The van der Waals surface area contributed by atoms with Crippen molar-refractivity contribution >= 4 is 12.1 Å². The monoisotopic (exact) mass is 283 g/mol. The fourth-order valence-electron chi connectivity index (χ4n) is 5.95. The topological polar surface area (TPSA) is 20.3 Å². The third-order valence-corrected chi connectivity index (χ3v) is 6.30. The summed E-state index contributed by atoms with van der Waals surface area (Å²) < 4.78 is 0. The first-order valence-electron chi connectivity index (χ1n) is 8.42. The van der Waals surface area contributed by atoms with E-state index in [1.807, 2.05) is 0 Å². The third kappa shape index (κ3) is 1.95. The summed E-state index contributed by atoms with van der Waals surface area (Å²) in [4.78, 5) is 14.2. The fourth-order valence-corrected chi connectivity index (χ4v) is 5.95. The van der Waals surface area contributed by atoms with Crippen molar-refractivity contribution in [1.29, 1.82) is 0 Å². The number of benzene rings is 1. The molecule has 4 bridgehead atoms. The highest BCUT2D eigenvalue weighted by Gasteiger charge is 2.54. The molecule has 2 heteroatoms. The zero-order chi connectivity index (χ0) is 14.6. The van der Waals surface area contributed by atoms with Crippen molar-refractivity contribution in [1.82, 2.24) is 0 Å². The van der Waals surface area contributed by atoms with Gasteiger partial charge in [0.2, 0.25) is 6.41 Å². The molecule has 0 N–H and O–H groups in total. The first kappa shape index (κ1) is 13.4. The second-order valence-corrected chi connectivity index (χ2v) is 7.86. The summed E-state index contributed by atoms with van der Waals surface area (Å²) in [5.41, 5.74) is 3.76. The van der Waals surface area contributed by atoms with Crippen LogP contribution >= 0.6 is 0 Å². The Hall–Kier alpha value is -1.31. The summed E-state index contributed by atoms with van der Waals surface area (Å²) in [6.07, 6.45) is 9.06. The standard InChI is InChI=1S/C19H25NO/c1-13-4-3-5-14(2)18(13)20(12-21)19-9-15-6-16(10-19)8-17(7-15)11-19/h3-5,12,15-17H,6-11H2,1-2H3. The van der Waals surface area contributed by atoms with Crippen molar-refractivity contribution in [2.75, 3.05) is 4.90 Å². The molecule has 1 aromatic rings. The maximum Gasteiger partial charge on any atom is 0.214 e. The van der Waals surface area contributed by atoms with Crippen molar-refractivity contribution < 1.29 is 4.79 Å². The highest BCUT2D eigenvalue weighted by atomic mass is 16.1. The molecule has 2 nitrogen and oxygen atoms in total. The lowest BCUT2D eigenvalue weighted by Gasteiger charge is -2.60. The predicted octanol–water partition coefficient (Wildman–Crippen LogP) is 4.24. The molecule has 4 saturated carbocycles. The van der Waals surface area contributed by atoms with E-state index in [0.717, 1.165) is 24.2 Å². The molecule has 0 unspecified atom stereocenters. The number of aryl methyl sites for hydroxylation is 2. The van der Waals surface area contributed by atoms with Crippen molar-refractivity contribution in [3.05, 3.63) is 29.3 Å². The van der Waals surface area contributed by atoms with E-state index in [4.69, 9.17) is 0 Å². The molecule has 4 fully saturated rings. The van der Waals surface area contributed by atoms with Crippen LogP contribution in [0.5, 0.6) is 0 Å². The number of hydrogen-bond donors (Lipinski definition) is 0. The van der Waals surface area contributed by atoms with E-state index in [1.165, 1.54) is 55.3 Å². The maximum atomic E-state index is 12.1. The van der Waals surface area contributed by atoms with Crippen molar-refractivity contribution in [3.63, 3.8) is 0 Å². The first-order chi connectivity index (χ1) is 10.1. The van der Waals surface area contributed by atoms with Gasteiger partial charge in [0.15, 0.2) is 0 Å². The van der Waals surface area contributed by atoms with Crippen molar-refractivity contribution in [3.8, 4) is 0 Å². The maximum absolute atomic E-state index is 12.1. The predicted molar refractivity (Wildman–Crippen MR) is 85.4 cm³/mol. The number of amides is 1. The molecule has 0 radical (unpaired) electrons. The second kappa shape index (κ2) is 4.59. The average Bonchev–Trinajstić information content (AvgIpc) is 2.41. The number of para-hydroxylation sites is 1. The molecular weight excluding hydrogens is 258 g/mol. The largest absolute Gasteiger partial charge is 0.308 e. The minimum Gasteiger partial charge on any atom is -0.308 e. The van der Waals surface area contributed by atoms with Gasteiger partial charge in [-0.05, 0) is 81.3 Å². The first-order valence-corrected chi connectivity index (χ1v) is 8.42. The summed E-state index contributed by atoms with van der Waals surface area (Å²) in [7, 11) is 0. The summed E-state index contributed by atoms with van der Waals surface area (Å²) in [5, 5.41) is 0. The quantitative estimate of drug-likeness (QED) is 0.760. The van der Waals surface area contributed by atoms with Gasteiger partial charge in [-0.3, -0.25) is 4.79 Å². The molecule has 4 aliphatic carbocycles. The Kier molecular flexibility index (Phi) is 2.92. The molecule has 0 atom stereocenters. The highest BCUT2D eigenvalue weighted by molar-refractivity contribution is 5.81. The van der Waals surface area contributed by atoms with Crippen LogP contribution in [0.25, 0.3) is 0 Å². The normalized spacial score (nSPS) is 36.8. The van der Waals surface area contributed by atoms with Gasteiger partial charge in [-0.2, -0.15) is 0 Å². The van der Waals surface area contributed by atoms with Crippen LogP contribution in [0, 0.1) is 31.6 Å². The molecule has 0 spiro atoms. The summed E-state index contributed by atoms with van der Waals surface area (Å²) in [6, 6.07) is 6.37. The molecule has 1 amide bonds. The molecule has 0 saturated heterocycles. The molecule has 0 aliphatic heterocycles. The summed E-state index contributed by atoms with van der Waals surface area (Å²) >= 11 is 0. The van der Waals surface area contributed by atoms with Gasteiger partial charge in [-0.15, -0.1) is 0 Å². The zero-order valence-corrected chi connectivity index (χ0v) is 13.1. The number of carbonyl (C=O) groups excluding carboxylic acids is 1.